The summed E-state index contributed by atoms with van der Waals surface area (Å²) in [5.74, 6) is -0.276. The van der Waals surface area contributed by atoms with Crippen LogP contribution in [-0.4, -0.2) is 28.0 Å². The number of nitrogens with one attached hydrogen (secondary N) is 1. The fourth-order valence-corrected chi connectivity index (χ4v) is 1.05. The van der Waals surface area contributed by atoms with Crippen LogP contribution < -0.4 is 0 Å². The van der Waals surface area contributed by atoms with Gasteiger partial charge in [0.05, 0.1) is 18.8 Å². The molecule has 0 fully saturated rings. The van der Waals surface area contributed by atoms with Crippen molar-refractivity contribution in [3.8, 4) is 0 Å². The molecule has 0 unspecified atom stereocenters. The molecule has 2 aromatic heterocycles. The highest BCUT2D eigenvalue weighted by Gasteiger charge is 2.10. The molecule has 5 nitrogen and oxygen atoms in total. The van der Waals surface area contributed by atoms with Gasteiger partial charge in [-0.2, -0.15) is 0 Å². The first-order valence-electron chi connectivity index (χ1n) is 3.69. The number of nitrogens with zero attached hydrogens (tertiary/aromatic N) is 2. The van der Waals surface area contributed by atoms with E-state index >= 15 is 0 Å². The Morgan fingerprint density at radius 2 is 2.46 bits per heavy atom. The Morgan fingerprint density at radius 3 is 3.15 bits per heavy atom. The third-order valence-corrected chi connectivity index (χ3v) is 1.66. The Balaban J connectivity index is 2.56. The molecule has 0 bridgehead atoms. The largest absolute Gasteiger partial charge is 0.463 e. The maximum Gasteiger partial charge on any atom is 0.374 e. The summed E-state index contributed by atoms with van der Waals surface area (Å²) in [6.45, 7) is 0. The van der Waals surface area contributed by atoms with Gasteiger partial charge >= 0.3 is 5.97 Å². The van der Waals surface area contributed by atoms with E-state index in [1.165, 1.54) is 7.11 Å². The van der Waals surface area contributed by atoms with Crippen LogP contribution in [0.4, 0.5) is 0 Å². The Bertz CT molecular complexity index is 416. The summed E-state index contributed by atoms with van der Waals surface area (Å²) in [6.07, 6.45) is 3.21. The summed E-state index contributed by atoms with van der Waals surface area (Å²) >= 11 is 0. The van der Waals surface area contributed by atoms with Crippen LogP contribution in [0.2, 0.25) is 0 Å². The SMILES string of the molecule is COC(=O)c1nc2cnccc2[nH]1. The van der Waals surface area contributed by atoms with Crippen LogP contribution in [0.1, 0.15) is 10.6 Å². The van der Waals surface area contributed by atoms with E-state index in [9.17, 15) is 4.79 Å². The number of aromatic nitrogens is 3. The van der Waals surface area contributed by atoms with E-state index in [0.717, 1.165) is 5.52 Å². The first-order valence-corrected chi connectivity index (χ1v) is 3.69. The number of esters is 1. The van der Waals surface area contributed by atoms with Crippen LogP contribution in [0.15, 0.2) is 18.5 Å². The fraction of sp³-hybridized carbons (Fsp3) is 0.125. The Hall–Kier alpha value is -1.91. The van der Waals surface area contributed by atoms with Gasteiger partial charge < -0.3 is 9.72 Å². The normalized spacial score (nSPS) is 10.2. The van der Waals surface area contributed by atoms with Gasteiger partial charge in [-0.15, -0.1) is 0 Å². The topological polar surface area (TPSA) is 67.9 Å². The summed E-state index contributed by atoms with van der Waals surface area (Å²) in [5, 5.41) is 0. The van der Waals surface area contributed by atoms with Crippen molar-refractivity contribution in [3.05, 3.63) is 24.3 Å². The van der Waals surface area contributed by atoms with Gasteiger partial charge in [0.15, 0.2) is 0 Å². The molecule has 0 saturated heterocycles. The van der Waals surface area contributed by atoms with Gasteiger partial charge in [0.1, 0.15) is 5.52 Å². The number of hydrogen-bond donors (Lipinski definition) is 1. The van der Waals surface area contributed by atoms with Crippen molar-refractivity contribution in [1.29, 1.82) is 0 Å². The molecule has 0 radical (unpaired) electrons. The number of ether oxygens (including phenoxy) is 1. The molecule has 66 valence electrons. The second kappa shape index (κ2) is 2.85. The second-order valence-corrected chi connectivity index (χ2v) is 2.47. The van der Waals surface area contributed by atoms with Gasteiger partial charge in [-0.3, -0.25) is 4.98 Å². The number of carbonyl (C=O) groups is 1. The number of rotatable bonds is 1. The van der Waals surface area contributed by atoms with E-state index in [-0.39, 0.29) is 5.82 Å². The van der Waals surface area contributed by atoms with E-state index in [1.807, 2.05) is 0 Å². The molecule has 5 heteroatoms. The molecule has 2 aromatic rings. The average molecular weight is 177 g/mol. The zero-order valence-electron chi connectivity index (χ0n) is 6.94. The quantitative estimate of drug-likeness (QED) is 0.652. The van der Waals surface area contributed by atoms with Crippen molar-refractivity contribution in [3.63, 3.8) is 0 Å². The van der Waals surface area contributed by atoms with Crippen LogP contribution in [0.3, 0.4) is 0 Å². The number of fused-ring (bicyclic) bond motifs is 1. The minimum Gasteiger partial charge on any atom is -0.463 e. The van der Waals surface area contributed by atoms with Crippen molar-refractivity contribution in [1.82, 2.24) is 15.0 Å². The van der Waals surface area contributed by atoms with Crippen molar-refractivity contribution in [2.24, 2.45) is 0 Å². The number of H-pyrrole nitrogens is 1. The lowest BCUT2D eigenvalue weighted by atomic mass is 10.4. The minimum atomic E-state index is -0.476. The molecular formula is C8H7N3O2. The van der Waals surface area contributed by atoms with Crippen molar-refractivity contribution in [2.75, 3.05) is 7.11 Å². The molecule has 2 rings (SSSR count). The van der Waals surface area contributed by atoms with E-state index < -0.39 is 5.97 Å². The molecule has 0 aliphatic rings. The number of hydrogen-bond acceptors (Lipinski definition) is 4. The van der Waals surface area contributed by atoms with Crippen LogP contribution >= 0.6 is 0 Å². The van der Waals surface area contributed by atoms with Crippen molar-refractivity contribution in [2.45, 2.75) is 0 Å². The first-order chi connectivity index (χ1) is 6.31. The maximum absolute atomic E-state index is 11.0. The number of methoxy groups -OCH3 is 1. The summed E-state index contributed by atoms with van der Waals surface area (Å²) in [5.41, 5.74) is 1.43. The molecule has 0 amide bonds. The van der Waals surface area contributed by atoms with Gasteiger partial charge in [0.25, 0.3) is 0 Å². The standard InChI is InChI=1S/C8H7N3O2/c1-13-8(12)7-10-5-2-3-9-4-6(5)11-7/h2-4H,1H3,(H,10,11). The molecular weight excluding hydrogens is 170 g/mol. The second-order valence-electron chi connectivity index (χ2n) is 2.47. The molecule has 13 heavy (non-hydrogen) atoms. The molecule has 2 heterocycles. The molecule has 0 aliphatic heterocycles. The summed E-state index contributed by atoms with van der Waals surface area (Å²) in [4.78, 5) is 21.7. The minimum absolute atomic E-state index is 0.200. The molecule has 0 spiro atoms. The molecule has 1 N–H and O–H groups in total. The van der Waals surface area contributed by atoms with Crippen LogP contribution in [-0.2, 0) is 4.74 Å². The summed E-state index contributed by atoms with van der Waals surface area (Å²) < 4.78 is 4.51. The zero-order chi connectivity index (χ0) is 9.26. The van der Waals surface area contributed by atoms with Gasteiger partial charge in [-0.25, -0.2) is 9.78 Å². The molecule has 0 aliphatic carbocycles. The fourth-order valence-electron chi connectivity index (χ4n) is 1.05. The van der Waals surface area contributed by atoms with E-state index in [0.29, 0.717) is 5.52 Å². The average Bonchev–Trinajstić information content (AvgIpc) is 2.59. The lowest BCUT2D eigenvalue weighted by Crippen LogP contribution is -2.02. The van der Waals surface area contributed by atoms with Crippen LogP contribution in [0, 0.1) is 0 Å². The van der Waals surface area contributed by atoms with Gasteiger partial charge in [-0.05, 0) is 6.07 Å². The number of pyridine rings is 1. The lowest BCUT2D eigenvalue weighted by Gasteiger charge is -1.90. The van der Waals surface area contributed by atoms with Gasteiger partial charge in [-0.1, -0.05) is 0 Å². The maximum atomic E-state index is 11.0. The van der Waals surface area contributed by atoms with Crippen LogP contribution in [0.5, 0.6) is 0 Å². The van der Waals surface area contributed by atoms with E-state index in [1.54, 1.807) is 18.5 Å². The smallest absolute Gasteiger partial charge is 0.374 e. The molecule has 0 aromatic carbocycles. The van der Waals surface area contributed by atoms with Crippen LogP contribution in [0.25, 0.3) is 11.0 Å². The highest BCUT2D eigenvalue weighted by atomic mass is 16.5. The summed E-state index contributed by atoms with van der Waals surface area (Å²) in [7, 11) is 1.31. The predicted octanol–water partition coefficient (Wildman–Crippen LogP) is 0.744. The highest BCUT2D eigenvalue weighted by Crippen LogP contribution is 2.08. The molecule has 0 saturated carbocycles. The number of imidazole rings is 1. The van der Waals surface area contributed by atoms with Crippen molar-refractivity contribution < 1.29 is 9.53 Å². The Kier molecular flexibility index (Phi) is 1.70. The van der Waals surface area contributed by atoms with Crippen molar-refractivity contribution >= 4 is 17.0 Å². The Morgan fingerprint density at radius 1 is 1.62 bits per heavy atom. The first kappa shape index (κ1) is 7.72. The monoisotopic (exact) mass is 177 g/mol. The lowest BCUT2D eigenvalue weighted by molar-refractivity contribution is 0.0588. The Labute approximate surface area is 73.8 Å². The summed E-state index contributed by atoms with van der Waals surface area (Å²) in [6, 6.07) is 1.74. The third-order valence-electron chi connectivity index (χ3n) is 1.66. The van der Waals surface area contributed by atoms with Gasteiger partial charge in [0.2, 0.25) is 5.82 Å². The van der Waals surface area contributed by atoms with E-state index in [4.69, 9.17) is 0 Å². The number of carbonyl (C=O) groups excluding carboxylic acids is 1. The molecule has 0 atom stereocenters. The predicted molar refractivity (Wildman–Crippen MR) is 45.2 cm³/mol. The third kappa shape index (κ3) is 1.24. The highest BCUT2D eigenvalue weighted by molar-refractivity contribution is 5.89. The van der Waals surface area contributed by atoms with Gasteiger partial charge in [0, 0.05) is 6.20 Å². The number of aromatic amines is 1. The zero-order valence-corrected chi connectivity index (χ0v) is 6.94. The van der Waals surface area contributed by atoms with E-state index in [2.05, 4.69) is 19.7 Å².